The van der Waals surface area contributed by atoms with Crippen molar-refractivity contribution in [2.45, 2.75) is 38.5 Å². The number of hydrogen-bond donors (Lipinski definition) is 2. The summed E-state index contributed by atoms with van der Waals surface area (Å²) in [7, 11) is 0. The molecule has 0 saturated carbocycles. The molecule has 130 valence electrons. The molecule has 0 unspecified atom stereocenters. The molecule has 1 aromatic rings. The van der Waals surface area contributed by atoms with Gasteiger partial charge in [-0.05, 0) is 38.5 Å². The van der Waals surface area contributed by atoms with E-state index in [2.05, 4.69) is 25.6 Å². The van der Waals surface area contributed by atoms with Crippen molar-refractivity contribution in [1.29, 1.82) is 0 Å². The normalized spacial score (nSPS) is 18.2. The molecule has 9 nitrogen and oxygen atoms in total. The summed E-state index contributed by atoms with van der Waals surface area (Å²) in [6.45, 7) is 2.98. The maximum absolute atomic E-state index is 12.2. The van der Waals surface area contributed by atoms with E-state index >= 15 is 0 Å². The number of nitrogens with zero attached hydrogens (tertiary/aromatic N) is 5. The molecule has 1 aromatic heterocycles. The first kappa shape index (κ1) is 16.4. The zero-order chi connectivity index (χ0) is 16.8. The van der Waals surface area contributed by atoms with E-state index in [1.807, 2.05) is 0 Å². The van der Waals surface area contributed by atoms with Crippen LogP contribution in [0.2, 0.25) is 0 Å². The van der Waals surface area contributed by atoms with Crippen molar-refractivity contribution in [3.05, 3.63) is 6.33 Å². The average Bonchev–Trinajstić information content (AvgIpc) is 2.63. The minimum atomic E-state index is -0.214. The summed E-state index contributed by atoms with van der Waals surface area (Å²) in [6.07, 6.45) is 7.65. The van der Waals surface area contributed by atoms with Crippen LogP contribution in [0.1, 0.15) is 38.5 Å². The highest BCUT2D eigenvalue weighted by Gasteiger charge is 2.19. The molecule has 4 amide bonds. The number of anilines is 2. The van der Waals surface area contributed by atoms with E-state index < -0.39 is 0 Å². The van der Waals surface area contributed by atoms with Gasteiger partial charge < -0.3 is 9.80 Å². The van der Waals surface area contributed by atoms with E-state index in [1.54, 1.807) is 9.80 Å². The van der Waals surface area contributed by atoms with Crippen LogP contribution >= 0.6 is 0 Å². The zero-order valence-electron chi connectivity index (χ0n) is 13.7. The van der Waals surface area contributed by atoms with Crippen LogP contribution < -0.4 is 10.6 Å². The summed E-state index contributed by atoms with van der Waals surface area (Å²) in [6, 6.07) is -0.427. The summed E-state index contributed by atoms with van der Waals surface area (Å²) in [4.78, 5) is 39.8. The molecule has 0 atom stereocenters. The number of hydrogen-bond acceptors (Lipinski definition) is 5. The third-order valence-corrected chi connectivity index (χ3v) is 4.30. The topological polar surface area (TPSA) is 103 Å². The number of piperidine rings is 2. The van der Waals surface area contributed by atoms with Crippen LogP contribution in [0.4, 0.5) is 21.5 Å². The van der Waals surface area contributed by atoms with Crippen molar-refractivity contribution in [2.75, 3.05) is 36.8 Å². The van der Waals surface area contributed by atoms with Crippen molar-refractivity contribution in [1.82, 2.24) is 24.8 Å². The lowest BCUT2D eigenvalue weighted by molar-refractivity contribution is 0.199. The first-order chi connectivity index (χ1) is 11.7. The van der Waals surface area contributed by atoms with Crippen molar-refractivity contribution < 1.29 is 9.59 Å². The number of nitrogens with one attached hydrogen (secondary N) is 2. The highest BCUT2D eigenvalue weighted by Crippen LogP contribution is 2.12. The van der Waals surface area contributed by atoms with Gasteiger partial charge in [-0.3, -0.25) is 10.6 Å². The Labute approximate surface area is 140 Å². The Balaban J connectivity index is 1.57. The number of amides is 4. The van der Waals surface area contributed by atoms with Crippen LogP contribution in [0.3, 0.4) is 0 Å². The molecule has 2 aliphatic rings. The summed E-state index contributed by atoms with van der Waals surface area (Å²) in [5.74, 6) is 0.295. The van der Waals surface area contributed by atoms with Gasteiger partial charge in [0.1, 0.15) is 6.33 Å². The van der Waals surface area contributed by atoms with E-state index in [-0.39, 0.29) is 24.0 Å². The van der Waals surface area contributed by atoms with Crippen LogP contribution in [0.15, 0.2) is 6.33 Å². The molecular formula is C15H23N7O2. The lowest BCUT2D eigenvalue weighted by Crippen LogP contribution is -2.39. The molecule has 2 aliphatic heterocycles. The first-order valence-corrected chi connectivity index (χ1v) is 8.53. The van der Waals surface area contributed by atoms with Gasteiger partial charge in [0.25, 0.3) is 0 Å². The zero-order valence-corrected chi connectivity index (χ0v) is 13.7. The number of urea groups is 2. The lowest BCUT2D eigenvalue weighted by Gasteiger charge is -2.26. The van der Waals surface area contributed by atoms with E-state index in [4.69, 9.17) is 0 Å². The Hall–Kier alpha value is -2.45. The van der Waals surface area contributed by atoms with Crippen LogP contribution in [0.25, 0.3) is 0 Å². The maximum atomic E-state index is 12.2. The Morgan fingerprint density at radius 2 is 1.17 bits per heavy atom. The van der Waals surface area contributed by atoms with Gasteiger partial charge >= 0.3 is 12.1 Å². The van der Waals surface area contributed by atoms with Crippen molar-refractivity contribution in [3.8, 4) is 0 Å². The van der Waals surface area contributed by atoms with Crippen molar-refractivity contribution >= 4 is 24.0 Å². The Morgan fingerprint density at radius 3 is 1.58 bits per heavy atom. The number of aromatic nitrogens is 3. The fourth-order valence-electron chi connectivity index (χ4n) is 2.96. The largest absolute Gasteiger partial charge is 0.324 e. The number of carbonyl (C=O) groups is 2. The van der Waals surface area contributed by atoms with E-state index in [0.717, 1.165) is 64.7 Å². The molecule has 3 rings (SSSR count). The fourth-order valence-corrected chi connectivity index (χ4v) is 2.96. The molecule has 0 spiro atoms. The lowest BCUT2D eigenvalue weighted by atomic mass is 10.1. The average molecular weight is 333 g/mol. The standard InChI is InChI=1S/C15H23N7O2/c23-14(21-7-3-1-4-8-21)19-12-16-11-17-13(18-12)20-15(24)22-9-5-2-6-10-22/h11H,1-10H2,(H2,16,17,18,19,20,23,24). The van der Waals surface area contributed by atoms with Crippen LogP contribution in [-0.2, 0) is 0 Å². The predicted octanol–water partition coefficient (Wildman–Crippen LogP) is 1.91. The van der Waals surface area contributed by atoms with Crippen molar-refractivity contribution in [2.24, 2.45) is 0 Å². The van der Waals surface area contributed by atoms with Gasteiger partial charge in [-0.15, -0.1) is 0 Å². The first-order valence-electron chi connectivity index (χ1n) is 8.53. The van der Waals surface area contributed by atoms with Gasteiger partial charge in [0, 0.05) is 26.2 Å². The molecule has 0 aliphatic carbocycles. The van der Waals surface area contributed by atoms with Crippen LogP contribution in [0.5, 0.6) is 0 Å². The van der Waals surface area contributed by atoms with Gasteiger partial charge in [0.15, 0.2) is 0 Å². The summed E-state index contributed by atoms with van der Waals surface area (Å²) in [5, 5.41) is 5.33. The molecule has 2 N–H and O–H groups in total. The smallest absolute Gasteiger partial charge is 0.324 e. The van der Waals surface area contributed by atoms with Gasteiger partial charge in [-0.1, -0.05) is 0 Å². The maximum Gasteiger partial charge on any atom is 0.324 e. The molecule has 9 heteroatoms. The van der Waals surface area contributed by atoms with Crippen molar-refractivity contribution in [3.63, 3.8) is 0 Å². The molecule has 2 saturated heterocycles. The highest BCUT2D eigenvalue weighted by atomic mass is 16.2. The third-order valence-electron chi connectivity index (χ3n) is 4.30. The fraction of sp³-hybridized carbons (Fsp3) is 0.667. The van der Waals surface area contributed by atoms with E-state index in [9.17, 15) is 9.59 Å². The molecular weight excluding hydrogens is 310 g/mol. The molecule has 0 bridgehead atoms. The van der Waals surface area contributed by atoms with Gasteiger partial charge in [0.2, 0.25) is 11.9 Å². The number of likely N-dealkylation sites (tertiary alicyclic amines) is 2. The molecule has 0 aromatic carbocycles. The Bertz CT molecular complexity index is 536. The highest BCUT2D eigenvalue weighted by molar-refractivity contribution is 5.89. The second-order valence-electron chi connectivity index (χ2n) is 6.09. The second kappa shape index (κ2) is 7.89. The Morgan fingerprint density at radius 1 is 0.750 bits per heavy atom. The predicted molar refractivity (Wildman–Crippen MR) is 88.7 cm³/mol. The minimum absolute atomic E-state index is 0.148. The molecule has 24 heavy (non-hydrogen) atoms. The molecule has 2 fully saturated rings. The Kier molecular flexibility index (Phi) is 5.39. The second-order valence-corrected chi connectivity index (χ2v) is 6.09. The summed E-state index contributed by atoms with van der Waals surface area (Å²) >= 11 is 0. The molecule has 0 radical (unpaired) electrons. The summed E-state index contributed by atoms with van der Waals surface area (Å²) in [5.41, 5.74) is 0. The van der Waals surface area contributed by atoms with Gasteiger partial charge in [-0.2, -0.15) is 4.98 Å². The van der Waals surface area contributed by atoms with Gasteiger partial charge in [0.05, 0.1) is 0 Å². The van der Waals surface area contributed by atoms with E-state index in [1.165, 1.54) is 6.33 Å². The van der Waals surface area contributed by atoms with E-state index in [0.29, 0.717) is 0 Å². The number of rotatable bonds is 2. The van der Waals surface area contributed by atoms with Gasteiger partial charge in [-0.25, -0.2) is 19.6 Å². The molecule has 3 heterocycles. The van der Waals surface area contributed by atoms with Crippen LogP contribution in [0, 0.1) is 0 Å². The third kappa shape index (κ3) is 4.30. The minimum Gasteiger partial charge on any atom is -0.324 e. The number of carbonyl (C=O) groups excluding carboxylic acids is 2. The van der Waals surface area contributed by atoms with Crippen LogP contribution in [-0.4, -0.2) is 63.0 Å². The summed E-state index contributed by atoms with van der Waals surface area (Å²) < 4.78 is 0. The monoisotopic (exact) mass is 333 g/mol. The SMILES string of the molecule is O=C(Nc1ncnc(NC(=O)N2CCCCC2)n1)N1CCCCC1. The quantitative estimate of drug-likeness (QED) is 0.860.